The van der Waals surface area contributed by atoms with Crippen LogP contribution in [0.3, 0.4) is 0 Å². The number of halogens is 8. The van der Waals surface area contributed by atoms with Gasteiger partial charge in [-0.15, -0.1) is 0 Å². The molecule has 0 aliphatic rings. The first-order valence-corrected chi connectivity index (χ1v) is 8.02. The quantitative estimate of drug-likeness (QED) is 0.435. The lowest BCUT2D eigenvalue weighted by Gasteiger charge is -2.15. The minimum absolute atomic E-state index is 0.0700. The van der Waals surface area contributed by atoms with E-state index in [0.29, 0.717) is 11.8 Å². The molecule has 1 N–H and O–H groups in total. The molecular formula is C17H8Cl2F6N2. The maximum absolute atomic E-state index is 13.1. The molecule has 142 valence electrons. The first-order chi connectivity index (χ1) is 12.4. The van der Waals surface area contributed by atoms with Gasteiger partial charge in [-0.3, -0.25) is 0 Å². The Balaban J connectivity index is 2.18. The van der Waals surface area contributed by atoms with E-state index in [2.05, 4.69) is 10.3 Å². The van der Waals surface area contributed by atoms with Gasteiger partial charge in [0.15, 0.2) is 0 Å². The van der Waals surface area contributed by atoms with Crippen LogP contribution < -0.4 is 5.32 Å². The van der Waals surface area contributed by atoms with Crippen molar-refractivity contribution in [1.29, 1.82) is 0 Å². The second-order valence-corrected chi connectivity index (χ2v) is 6.35. The van der Waals surface area contributed by atoms with Gasteiger partial charge in [-0.1, -0.05) is 29.3 Å². The van der Waals surface area contributed by atoms with Crippen LogP contribution in [0.15, 0.2) is 42.5 Å². The lowest BCUT2D eigenvalue weighted by Crippen LogP contribution is -2.10. The third-order valence-electron chi connectivity index (χ3n) is 3.63. The molecule has 2 nitrogen and oxygen atoms in total. The van der Waals surface area contributed by atoms with Gasteiger partial charge >= 0.3 is 12.4 Å². The van der Waals surface area contributed by atoms with E-state index in [0.717, 1.165) is 18.2 Å². The number of anilines is 2. The number of benzene rings is 2. The average Bonchev–Trinajstić information content (AvgIpc) is 2.56. The van der Waals surface area contributed by atoms with E-state index in [9.17, 15) is 26.3 Å². The number of hydrogen-bond donors (Lipinski definition) is 1. The lowest BCUT2D eigenvalue weighted by atomic mass is 10.1. The highest BCUT2D eigenvalue weighted by Gasteiger charge is 2.35. The van der Waals surface area contributed by atoms with Crippen molar-refractivity contribution in [2.75, 3.05) is 5.32 Å². The molecule has 0 amide bonds. The van der Waals surface area contributed by atoms with Crippen LogP contribution in [0, 0.1) is 0 Å². The summed E-state index contributed by atoms with van der Waals surface area (Å²) in [6.45, 7) is 0. The minimum atomic E-state index is -4.84. The van der Waals surface area contributed by atoms with E-state index in [4.69, 9.17) is 23.2 Å². The zero-order valence-corrected chi connectivity index (χ0v) is 14.5. The largest absolute Gasteiger partial charge is 0.433 e. The highest BCUT2D eigenvalue weighted by atomic mass is 35.5. The van der Waals surface area contributed by atoms with Gasteiger partial charge < -0.3 is 5.32 Å². The van der Waals surface area contributed by atoms with Gasteiger partial charge in [0, 0.05) is 11.1 Å². The van der Waals surface area contributed by atoms with Crippen LogP contribution >= 0.6 is 23.2 Å². The van der Waals surface area contributed by atoms with Crippen molar-refractivity contribution < 1.29 is 26.3 Å². The summed E-state index contributed by atoms with van der Waals surface area (Å²) in [4.78, 5) is 3.34. The predicted octanol–water partition coefficient (Wildman–Crippen LogP) is 7.32. The number of aromatic nitrogens is 1. The first-order valence-electron chi connectivity index (χ1n) is 7.26. The predicted molar refractivity (Wildman–Crippen MR) is 91.5 cm³/mol. The molecule has 2 aromatic carbocycles. The van der Waals surface area contributed by atoms with Crippen LogP contribution in [-0.2, 0) is 12.4 Å². The van der Waals surface area contributed by atoms with Gasteiger partial charge in [0.1, 0.15) is 5.69 Å². The topological polar surface area (TPSA) is 24.9 Å². The van der Waals surface area contributed by atoms with Crippen molar-refractivity contribution in [3.8, 4) is 0 Å². The van der Waals surface area contributed by atoms with E-state index in [1.54, 1.807) is 0 Å². The van der Waals surface area contributed by atoms with E-state index in [-0.39, 0.29) is 21.1 Å². The Morgan fingerprint density at radius 2 is 1.48 bits per heavy atom. The molecule has 3 aromatic rings. The number of nitrogens with one attached hydrogen (secondary N) is 1. The van der Waals surface area contributed by atoms with E-state index < -0.39 is 29.1 Å². The lowest BCUT2D eigenvalue weighted by molar-refractivity contribution is -0.140. The van der Waals surface area contributed by atoms with Gasteiger partial charge in [-0.2, -0.15) is 26.3 Å². The Morgan fingerprint density at radius 3 is 2.07 bits per heavy atom. The summed E-state index contributed by atoms with van der Waals surface area (Å²) in [5.74, 6) is 0. The summed E-state index contributed by atoms with van der Waals surface area (Å²) in [6.07, 6.45) is -9.54. The zero-order chi connectivity index (χ0) is 20.0. The summed E-state index contributed by atoms with van der Waals surface area (Å²) >= 11 is 11.7. The Hall–Kier alpha value is -2.19. The molecule has 0 unspecified atom stereocenters. The number of hydrogen-bond acceptors (Lipinski definition) is 2. The Labute approximate surface area is 158 Å². The molecule has 0 radical (unpaired) electrons. The standard InChI is InChI=1S/C17H8Cl2F6N2/c18-11-4-2-9(6-12(11)19)26-14-7-15(17(23,24)25)27-13-5-8(16(20,21)22)1-3-10(13)14/h1-7H,(H,26,27). The van der Waals surface area contributed by atoms with Crippen LogP contribution in [0.2, 0.25) is 10.0 Å². The SMILES string of the molecule is FC(F)(F)c1ccc2c(Nc3ccc(Cl)c(Cl)c3)cc(C(F)(F)F)nc2c1. The molecule has 0 aliphatic heterocycles. The summed E-state index contributed by atoms with van der Waals surface area (Å²) in [6, 6.07) is 7.42. The number of fused-ring (bicyclic) bond motifs is 1. The highest BCUT2D eigenvalue weighted by molar-refractivity contribution is 6.42. The van der Waals surface area contributed by atoms with E-state index >= 15 is 0 Å². The van der Waals surface area contributed by atoms with Crippen LogP contribution in [0.5, 0.6) is 0 Å². The molecule has 0 saturated heterocycles. The summed E-state index contributed by atoms with van der Waals surface area (Å²) < 4.78 is 78.1. The molecule has 0 atom stereocenters. The van der Waals surface area contributed by atoms with Gasteiger partial charge in [-0.25, -0.2) is 4.98 Å². The molecule has 0 saturated carbocycles. The smallest absolute Gasteiger partial charge is 0.355 e. The summed E-state index contributed by atoms with van der Waals surface area (Å²) in [5.41, 5.74) is -2.62. The fraction of sp³-hybridized carbons (Fsp3) is 0.118. The fourth-order valence-electron chi connectivity index (χ4n) is 2.38. The molecule has 0 spiro atoms. The van der Waals surface area contributed by atoms with Gasteiger partial charge in [0.25, 0.3) is 0 Å². The van der Waals surface area contributed by atoms with Gasteiger partial charge in [-0.05, 0) is 36.4 Å². The zero-order valence-electron chi connectivity index (χ0n) is 13.0. The Kier molecular flexibility index (Phi) is 4.90. The molecule has 1 heterocycles. The number of nitrogens with zero attached hydrogens (tertiary/aromatic N) is 1. The molecule has 1 aromatic heterocycles. The first kappa shape index (κ1) is 19.6. The summed E-state index contributed by atoms with van der Waals surface area (Å²) in [5, 5.41) is 3.21. The minimum Gasteiger partial charge on any atom is -0.355 e. The Morgan fingerprint density at radius 1 is 0.778 bits per heavy atom. The van der Waals surface area contributed by atoms with Crippen molar-refractivity contribution in [2.24, 2.45) is 0 Å². The maximum atomic E-state index is 13.1. The molecule has 0 bridgehead atoms. The molecule has 0 aliphatic carbocycles. The average molecular weight is 425 g/mol. The number of alkyl halides is 6. The third kappa shape index (κ3) is 4.22. The fourth-order valence-corrected chi connectivity index (χ4v) is 2.68. The monoisotopic (exact) mass is 424 g/mol. The van der Waals surface area contributed by atoms with Crippen molar-refractivity contribution in [2.45, 2.75) is 12.4 Å². The normalized spacial score (nSPS) is 12.4. The van der Waals surface area contributed by atoms with Crippen molar-refractivity contribution >= 4 is 45.5 Å². The van der Waals surface area contributed by atoms with Crippen LogP contribution in [0.1, 0.15) is 11.3 Å². The second-order valence-electron chi connectivity index (χ2n) is 5.54. The number of pyridine rings is 1. The van der Waals surface area contributed by atoms with Gasteiger partial charge in [0.2, 0.25) is 0 Å². The molecule has 27 heavy (non-hydrogen) atoms. The van der Waals surface area contributed by atoms with Gasteiger partial charge in [0.05, 0.1) is 26.8 Å². The third-order valence-corrected chi connectivity index (χ3v) is 4.37. The van der Waals surface area contributed by atoms with E-state index in [1.807, 2.05) is 0 Å². The van der Waals surface area contributed by atoms with Crippen molar-refractivity contribution in [3.05, 3.63) is 63.8 Å². The molecule has 0 fully saturated rings. The molecule has 10 heteroatoms. The van der Waals surface area contributed by atoms with Crippen LogP contribution in [0.4, 0.5) is 37.7 Å². The summed E-state index contributed by atoms with van der Waals surface area (Å²) in [7, 11) is 0. The second kappa shape index (κ2) is 6.76. The van der Waals surface area contributed by atoms with Crippen molar-refractivity contribution in [3.63, 3.8) is 0 Å². The van der Waals surface area contributed by atoms with E-state index in [1.165, 1.54) is 18.2 Å². The molecular weight excluding hydrogens is 417 g/mol. The van der Waals surface area contributed by atoms with Crippen molar-refractivity contribution in [1.82, 2.24) is 4.98 Å². The van der Waals surface area contributed by atoms with Crippen LogP contribution in [-0.4, -0.2) is 4.98 Å². The molecule has 3 rings (SSSR count). The Bertz CT molecular complexity index is 1010. The number of rotatable bonds is 2. The van der Waals surface area contributed by atoms with Crippen LogP contribution in [0.25, 0.3) is 10.9 Å². The highest BCUT2D eigenvalue weighted by Crippen LogP contribution is 2.37. The maximum Gasteiger partial charge on any atom is 0.433 e.